The number of carbonyl (C=O) groups excluding carboxylic acids is 1. The summed E-state index contributed by atoms with van der Waals surface area (Å²) < 4.78 is 0. The van der Waals surface area contributed by atoms with Crippen LogP contribution in [-0.2, 0) is 0 Å². The second-order valence-electron chi connectivity index (χ2n) is 6.44. The Kier molecular flexibility index (Phi) is 6.80. The first-order chi connectivity index (χ1) is 14.0. The highest BCUT2D eigenvalue weighted by Gasteiger charge is 2.05. The highest BCUT2D eigenvalue weighted by Crippen LogP contribution is 2.22. The maximum absolute atomic E-state index is 12.0. The van der Waals surface area contributed by atoms with Crippen LogP contribution < -0.4 is 21.3 Å². The van der Waals surface area contributed by atoms with Crippen LogP contribution in [0.15, 0.2) is 48.7 Å². The molecule has 8 nitrogen and oxygen atoms in total. The number of rotatable bonds is 7. The fourth-order valence-corrected chi connectivity index (χ4v) is 2.77. The van der Waals surface area contributed by atoms with E-state index in [1.165, 1.54) is 0 Å². The summed E-state index contributed by atoms with van der Waals surface area (Å²) in [5.41, 5.74) is 2.71. The molecule has 2 amide bonds. The minimum atomic E-state index is -0.325. The third-order valence-electron chi connectivity index (χ3n) is 3.93. The molecule has 2 heterocycles. The SMILES string of the molecule is Cc1ccnc(Nc2ccc(NCCNC(=O)Nc3ccc(C)cc3Cl)nn2)c1. The van der Waals surface area contributed by atoms with Gasteiger partial charge in [-0.05, 0) is 61.4 Å². The lowest BCUT2D eigenvalue weighted by Gasteiger charge is -2.10. The molecule has 1 aromatic carbocycles. The fraction of sp³-hybridized carbons (Fsp3) is 0.200. The Morgan fingerprint density at radius 3 is 2.41 bits per heavy atom. The summed E-state index contributed by atoms with van der Waals surface area (Å²) in [5, 5.41) is 20.4. The summed E-state index contributed by atoms with van der Waals surface area (Å²) >= 11 is 6.11. The molecule has 0 spiro atoms. The van der Waals surface area contributed by atoms with Gasteiger partial charge in [0, 0.05) is 19.3 Å². The molecule has 29 heavy (non-hydrogen) atoms. The Morgan fingerprint density at radius 2 is 1.69 bits per heavy atom. The van der Waals surface area contributed by atoms with Crippen molar-refractivity contribution in [1.29, 1.82) is 0 Å². The Hall–Kier alpha value is -3.39. The van der Waals surface area contributed by atoms with Crippen molar-refractivity contribution in [3.63, 3.8) is 0 Å². The number of anilines is 4. The molecule has 0 saturated carbocycles. The molecule has 0 saturated heterocycles. The van der Waals surface area contributed by atoms with Crippen LogP contribution in [0.3, 0.4) is 0 Å². The number of aromatic nitrogens is 3. The van der Waals surface area contributed by atoms with Crippen molar-refractivity contribution in [2.45, 2.75) is 13.8 Å². The van der Waals surface area contributed by atoms with E-state index < -0.39 is 0 Å². The third kappa shape index (κ3) is 6.32. The lowest BCUT2D eigenvalue weighted by molar-refractivity contribution is 0.252. The van der Waals surface area contributed by atoms with Crippen molar-refractivity contribution in [3.05, 3.63) is 64.8 Å². The zero-order valence-electron chi connectivity index (χ0n) is 16.2. The lowest BCUT2D eigenvalue weighted by atomic mass is 10.2. The standard InChI is InChI=1S/C20H22ClN7O/c1-13-3-4-16(15(21)11-13)25-20(29)24-10-9-23-17-5-6-18(28-27-17)26-19-12-14(2)7-8-22-19/h3-8,11-12H,9-10H2,1-2H3,(H,23,27)(H,22,26,28)(H2,24,25,29). The number of amides is 2. The Balaban J connectivity index is 1.40. The van der Waals surface area contributed by atoms with Crippen LogP contribution >= 0.6 is 11.6 Å². The van der Waals surface area contributed by atoms with E-state index in [1.54, 1.807) is 30.5 Å². The van der Waals surface area contributed by atoms with Crippen molar-refractivity contribution in [1.82, 2.24) is 20.5 Å². The minimum absolute atomic E-state index is 0.325. The van der Waals surface area contributed by atoms with Gasteiger partial charge in [-0.15, -0.1) is 10.2 Å². The molecule has 0 atom stereocenters. The van der Waals surface area contributed by atoms with Crippen molar-refractivity contribution in [3.8, 4) is 0 Å². The maximum atomic E-state index is 12.0. The van der Waals surface area contributed by atoms with E-state index in [0.29, 0.717) is 41.3 Å². The zero-order chi connectivity index (χ0) is 20.6. The first-order valence-electron chi connectivity index (χ1n) is 9.08. The number of pyridine rings is 1. The molecule has 150 valence electrons. The molecule has 3 rings (SSSR count). The van der Waals surface area contributed by atoms with Crippen LogP contribution in [0.5, 0.6) is 0 Å². The maximum Gasteiger partial charge on any atom is 0.319 e. The van der Waals surface area contributed by atoms with Gasteiger partial charge in [-0.3, -0.25) is 0 Å². The van der Waals surface area contributed by atoms with Crippen LogP contribution in [0.25, 0.3) is 0 Å². The highest BCUT2D eigenvalue weighted by molar-refractivity contribution is 6.33. The molecular formula is C20H22ClN7O. The number of halogens is 1. The average molecular weight is 412 g/mol. The second-order valence-corrected chi connectivity index (χ2v) is 6.85. The molecule has 2 aromatic heterocycles. The molecule has 0 aliphatic rings. The van der Waals surface area contributed by atoms with Crippen LogP contribution in [0.4, 0.5) is 27.9 Å². The first kappa shape index (κ1) is 20.3. The number of nitrogens with zero attached hydrogens (tertiary/aromatic N) is 3. The molecule has 0 fully saturated rings. The van der Waals surface area contributed by atoms with E-state index in [4.69, 9.17) is 11.6 Å². The van der Waals surface area contributed by atoms with Crippen LogP contribution in [0.2, 0.25) is 5.02 Å². The smallest absolute Gasteiger partial charge is 0.319 e. The molecular weight excluding hydrogens is 390 g/mol. The normalized spacial score (nSPS) is 10.3. The van der Waals surface area contributed by atoms with Crippen molar-refractivity contribution >= 4 is 40.8 Å². The predicted molar refractivity (Wildman–Crippen MR) is 116 cm³/mol. The summed E-state index contributed by atoms with van der Waals surface area (Å²) in [6, 6.07) is 12.6. The lowest BCUT2D eigenvalue weighted by Crippen LogP contribution is -2.32. The highest BCUT2D eigenvalue weighted by atomic mass is 35.5. The van der Waals surface area contributed by atoms with Crippen molar-refractivity contribution < 1.29 is 4.79 Å². The van der Waals surface area contributed by atoms with E-state index in [9.17, 15) is 4.79 Å². The molecule has 0 unspecified atom stereocenters. The summed E-state index contributed by atoms with van der Waals surface area (Å²) in [5.74, 6) is 1.92. The van der Waals surface area contributed by atoms with E-state index in [0.717, 1.165) is 11.1 Å². The van der Waals surface area contributed by atoms with Crippen LogP contribution in [0.1, 0.15) is 11.1 Å². The first-order valence-corrected chi connectivity index (χ1v) is 9.46. The summed E-state index contributed by atoms with van der Waals surface area (Å²) in [4.78, 5) is 16.2. The monoisotopic (exact) mass is 411 g/mol. The minimum Gasteiger partial charge on any atom is -0.367 e. The van der Waals surface area contributed by atoms with E-state index in [2.05, 4.69) is 36.4 Å². The van der Waals surface area contributed by atoms with Crippen LogP contribution in [0, 0.1) is 13.8 Å². The summed E-state index contributed by atoms with van der Waals surface area (Å²) in [7, 11) is 0. The van der Waals surface area contributed by atoms with Crippen molar-refractivity contribution in [2.24, 2.45) is 0 Å². The second kappa shape index (κ2) is 9.70. The van der Waals surface area contributed by atoms with E-state index in [-0.39, 0.29) is 6.03 Å². The van der Waals surface area contributed by atoms with Gasteiger partial charge in [0.25, 0.3) is 0 Å². The number of hydrogen-bond acceptors (Lipinski definition) is 6. The Labute approximate surface area is 174 Å². The molecule has 0 radical (unpaired) electrons. The van der Waals surface area contributed by atoms with E-state index in [1.807, 2.05) is 32.0 Å². The van der Waals surface area contributed by atoms with Gasteiger partial charge in [0.2, 0.25) is 0 Å². The van der Waals surface area contributed by atoms with Gasteiger partial charge in [0.15, 0.2) is 5.82 Å². The number of hydrogen-bond donors (Lipinski definition) is 4. The van der Waals surface area contributed by atoms with Gasteiger partial charge in [0.1, 0.15) is 11.6 Å². The summed E-state index contributed by atoms with van der Waals surface area (Å²) in [6.07, 6.45) is 1.73. The van der Waals surface area contributed by atoms with Gasteiger partial charge in [-0.25, -0.2) is 9.78 Å². The van der Waals surface area contributed by atoms with Gasteiger partial charge < -0.3 is 21.3 Å². The quantitative estimate of drug-likeness (QED) is 0.436. The number of urea groups is 1. The van der Waals surface area contributed by atoms with Gasteiger partial charge in [0.05, 0.1) is 10.7 Å². The largest absolute Gasteiger partial charge is 0.367 e. The van der Waals surface area contributed by atoms with Crippen LogP contribution in [-0.4, -0.2) is 34.3 Å². The Bertz CT molecular complexity index is 979. The molecule has 0 aliphatic carbocycles. The number of carbonyl (C=O) groups is 1. The van der Waals surface area contributed by atoms with Gasteiger partial charge >= 0.3 is 6.03 Å². The van der Waals surface area contributed by atoms with Crippen molar-refractivity contribution in [2.75, 3.05) is 29.0 Å². The molecule has 9 heteroatoms. The molecule has 3 aromatic rings. The van der Waals surface area contributed by atoms with Gasteiger partial charge in [-0.1, -0.05) is 17.7 Å². The third-order valence-corrected chi connectivity index (χ3v) is 4.24. The van der Waals surface area contributed by atoms with E-state index >= 15 is 0 Å². The van der Waals surface area contributed by atoms with Gasteiger partial charge in [-0.2, -0.15) is 0 Å². The number of benzene rings is 1. The average Bonchev–Trinajstić information content (AvgIpc) is 2.69. The zero-order valence-corrected chi connectivity index (χ0v) is 16.9. The predicted octanol–water partition coefficient (Wildman–Crippen LogP) is 4.12. The molecule has 0 aliphatic heterocycles. The number of aryl methyl sites for hydroxylation is 2. The fourth-order valence-electron chi connectivity index (χ4n) is 2.48. The summed E-state index contributed by atoms with van der Waals surface area (Å²) in [6.45, 7) is 4.84. The Morgan fingerprint density at radius 1 is 0.931 bits per heavy atom. The molecule has 0 bridgehead atoms. The number of nitrogens with one attached hydrogen (secondary N) is 4. The molecule has 4 N–H and O–H groups in total. The topological polar surface area (TPSA) is 104 Å².